The van der Waals surface area contributed by atoms with Crippen molar-refractivity contribution >= 4 is 17.7 Å². The van der Waals surface area contributed by atoms with Crippen LogP contribution in [0.5, 0.6) is 5.75 Å². The Balaban J connectivity index is 2.11. The molecule has 1 atom stereocenters. The topological polar surface area (TPSA) is 68.5 Å². The Hall–Kier alpha value is -2.21. The zero-order valence-electron chi connectivity index (χ0n) is 17.7. The van der Waals surface area contributed by atoms with Crippen molar-refractivity contribution in [2.75, 3.05) is 18.6 Å². The Morgan fingerprint density at radius 1 is 1.31 bits per heavy atom. The van der Waals surface area contributed by atoms with Crippen LogP contribution in [-0.4, -0.2) is 34.3 Å². The predicted octanol–water partition coefficient (Wildman–Crippen LogP) is 4.80. The van der Waals surface area contributed by atoms with E-state index in [1.54, 1.807) is 0 Å². The zero-order chi connectivity index (χ0) is 21.3. The Bertz CT molecular complexity index is 988. The van der Waals surface area contributed by atoms with Crippen molar-refractivity contribution in [2.45, 2.75) is 46.6 Å². The molecule has 1 N–H and O–H groups in total. The third-order valence-corrected chi connectivity index (χ3v) is 6.18. The first-order valence-corrected chi connectivity index (χ1v) is 11.3. The minimum atomic E-state index is -1.19. The number of aromatic carboxylic acids is 1. The Labute approximate surface area is 176 Å². The van der Waals surface area contributed by atoms with Gasteiger partial charge in [0.2, 0.25) is 0 Å². The molecule has 6 heteroatoms. The molecule has 1 aromatic heterocycles. The van der Waals surface area contributed by atoms with Gasteiger partial charge in [-0.2, -0.15) is 11.8 Å². The van der Waals surface area contributed by atoms with Gasteiger partial charge in [0, 0.05) is 23.9 Å². The van der Waals surface area contributed by atoms with E-state index in [2.05, 4.69) is 39.2 Å². The molecule has 1 aromatic carbocycles. The number of aromatic nitrogens is 1. The van der Waals surface area contributed by atoms with Crippen LogP contribution in [0.25, 0.3) is 11.3 Å². The molecule has 5 nitrogen and oxygen atoms in total. The SMILES string of the molecule is CSCCCOc1cc2c(cc1C)-c1cc(=O)c(C(=O)O)cn1C(C(C)(C)C)C2. The minimum absolute atomic E-state index is 0.0377. The lowest BCUT2D eigenvalue weighted by Crippen LogP contribution is -2.32. The highest BCUT2D eigenvalue weighted by molar-refractivity contribution is 7.98. The number of benzene rings is 1. The normalized spacial score (nSPS) is 15.6. The molecule has 0 bridgehead atoms. The number of nitrogens with zero attached hydrogens (tertiary/aromatic N) is 1. The standard InChI is InChI=1S/C23H29NO4S/c1-14-9-16-15(10-20(14)28-7-6-8-29-5)11-21(23(2,3)4)24-13-17(22(26)27)19(25)12-18(16)24/h9-10,12-13,21H,6-8,11H2,1-5H3,(H,26,27). The number of carboxylic acids is 1. The minimum Gasteiger partial charge on any atom is -0.493 e. The fourth-order valence-corrected chi connectivity index (χ4v) is 4.30. The average molecular weight is 416 g/mol. The lowest BCUT2D eigenvalue weighted by molar-refractivity contribution is 0.0693. The van der Waals surface area contributed by atoms with Gasteiger partial charge in [0.05, 0.1) is 12.3 Å². The summed E-state index contributed by atoms with van der Waals surface area (Å²) < 4.78 is 8.01. The molecule has 3 rings (SSSR count). The van der Waals surface area contributed by atoms with Crippen LogP contribution in [0.4, 0.5) is 0 Å². The second kappa shape index (κ2) is 8.27. The number of hydrogen-bond donors (Lipinski definition) is 1. The van der Waals surface area contributed by atoms with Crippen LogP contribution >= 0.6 is 11.8 Å². The van der Waals surface area contributed by atoms with E-state index in [1.165, 1.54) is 12.3 Å². The Morgan fingerprint density at radius 3 is 2.66 bits per heavy atom. The number of carboxylic acid groups (broad SMARTS) is 1. The van der Waals surface area contributed by atoms with Crippen molar-refractivity contribution in [2.24, 2.45) is 5.41 Å². The van der Waals surface area contributed by atoms with Gasteiger partial charge in [-0.1, -0.05) is 20.8 Å². The van der Waals surface area contributed by atoms with Gasteiger partial charge in [0.1, 0.15) is 11.3 Å². The van der Waals surface area contributed by atoms with E-state index in [1.807, 2.05) is 23.3 Å². The lowest BCUT2D eigenvalue weighted by Gasteiger charge is -2.39. The molecule has 2 heterocycles. The van der Waals surface area contributed by atoms with Gasteiger partial charge in [0.15, 0.2) is 5.43 Å². The molecule has 1 aliphatic heterocycles. The molecule has 0 fully saturated rings. The molecule has 2 aromatic rings. The molecule has 0 aliphatic carbocycles. The third kappa shape index (κ3) is 4.37. The molecule has 0 amide bonds. The van der Waals surface area contributed by atoms with Gasteiger partial charge in [0.25, 0.3) is 0 Å². The first-order valence-electron chi connectivity index (χ1n) is 9.88. The van der Waals surface area contributed by atoms with Crippen molar-refractivity contribution in [3.8, 4) is 17.0 Å². The number of hydrogen-bond acceptors (Lipinski definition) is 4. The van der Waals surface area contributed by atoms with Gasteiger partial charge < -0.3 is 14.4 Å². The number of carbonyl (C=O) groups is 1. The summed E-state index contributed by atoms with van der Waals surface area (Å²) in [4.78, 5) is 24.0. The predicted molar refractivity (Wildman–Crippen MR) is 119 cm³/mol. The summed E-state index contributed by atoms with van der Waals surface area (Å²) in [7, 11) is 0. The van der Waals surface area contributed by atoms with Gasteiger partial charge in [-0.25, -0.2) is 4.79 Å². The highest BCUT2D eigenvalue weighted by Crippen LogP contribution is 2.44. The summed E-state index contributed by atoms with van der Waals surface area (Å²) in [6.45, 7) is 9.10. The summed E-state index contributed by atoms with van der Waals surface area (Å²) in [6, 6.07) is 5.67. The van der Waals surface area contributed by atoms with E-state index in [0.717, 1.165) is 46.7 Å². The van der Waals surface area contributed by atoms with E-state index in [0.29, 0.717) is 6.61 Å². The molecule has 1 aliphatic rings. The summed E-state index contributed by atoms with van der Waals surface area (Å²) >= 11 is 1.81. The summed E-state index contributed by atoms with van der Waals surface area (Å²) in [6.07, 6.45) is 5.36. The molecule has 0 saturated carbocycles. The van der Waals surface area contributed by atoms with E-state index >= 15 is 0 Å². The first-order chi connectivity index (χ1) is 13.6. The van der Waals surface area contributed by atoms with Gasteiger partial charge in [-0.05, 0) is 60.4 Å². The van der Waals surface area contributed by atoms with Crippen molar-refractivity contribution in [1.29, 1.82) is 0 Å². The largest absolute Gasteiger partial charge is 0.493 e. The second-order valence-electron chi connectivity index (χ2n) is 8.70. The summed E-state index contributed by atoms with van der Waals surface area (Å²) in [5.74, 6) is 0.766. The fourth-order valence-electron chi connectivity index (χ4n) is 3.89. The maximum atomic E-state index is 12.4. The van der Waals surface area contributed by atoms with Crippen LogP contribution in [-0.2, 0) is 6.42 Å². The van der Waals surface area contributed by atoms with Crippen molar-refractivity contribution in [3.63, 3.8) is 0 Å². The number of fused-ring (bicyclic) bond motifs is 3. The molecule has 29 heavy (non-hydrogen) atoms. The van der Waals surface area contributed by atoms with Crippen molar-refractivity contribution in [1.82, 2.24) is 4.57 Å². The third-order valence-electron chi connectivity index (χ3n) is 5.49. The van der Waals surface area contributed by atoms with Crippen LogP contribution in [0.15, 0.2) is 29.2 Å². The fraction of sp³-hybridized carbons (Fsp3) is 0.478. The number of aryl methyl sites for hydroxylation is 1. The smallest absolute Gasteiger partial charge is 0.341 e. The van der Waals surface area contributed by atoms with Crippen LogP contribution in [0.3, 0.4) is 0 Å². The van der Waals surface area contributed by atoms with Gasteiger partial charge >= 0.3 is 5.97 Å². The first kappa shape index (κ1) is 21.5. The number of rotatable bonds is 6. The monoisotopic (exact) mass is 415 g/mol. The Kier molecular flexibility index (Phi) is 6.13. The van der Waals surface area contributed by atoms with E-state index in [-0.39, 0.29) is 17.0 Å². The van der Waals surface area contributed by atoms with Crippen molar-refractivity contribution in [3.05, 3.63) is 51.3 Å². The quantitative estimate of drug-likeness (QED) is 0.687. The summed E-state index contributed by atoms with van der Waals surface area (Å²) in [5.41, 5.74) is 3.16. The summed E-state index contributed by atoms with van der Waals surface area (Å²) in [5, 5.41) is 9.42. The molecular formula is C23H29NO4S. The highest BCUT2D eigenvalue weighted by Gasteiger charge is 2.33. The molecule has 0 saturated heterocycles. The number of thioether (sulfide) groups is 1. The zero-order valence-corrected chi connectivity index (χ0v) is 18.6. The maximum Gasteiger partial charge on any atom is 0.341 e. The number of pyridine rings is 1. The highest BCUT2D eigenvalue weighted by atomic mass is 32.2. The maximum absolute atomic E-state index is 12.4. The van der Waals surface area contributed by atoms with E-state index in [9.17, 15) is 14.7 Å². The van der Waals surface area contributed by atoms with Crippen LogP contribution in [0.2, 0.25) is 0 Å². The van der Waals surface area contributed by atoms with Gasteiger partial charge in [-0.3, -0.25) is 4.79 Å². The lowest BCUT2D eigenvalue weighted by atomic mass is 9.78. The average Bonchev–Trinajstić information content (AvgIpc) is 2.63. The van der Waals surface area contributed by atoms with E-state index < -0.39 is 11.4 Å². The van der Waals surface area contributed by atoms with E-state index in [4.69, 9.17) is 4.74 Å². The number of ether oxygens (including phenoxy) is 1. The van der Waals surface area contributed by atoms with Crippen LogP contribution in [0, 0.1) is 12.3 Å². The van der Waals surface area contributed by atoms with Crippen LogP contribution in [0.1, 0.15) is 54.7 Å². The van der Waals surface area contributed by atoms with Crippen LogP contribution < -0.4 is 10.2 Å². The van der Waals surface area contributed by atoms with Crippen molar-refractivity contribution < 1.29 is 14.6 Å². The molecule has 0 spiro atoms. The second-order valence-corrected chi connectivity index (χ2v) is 9.69. The molecular weight excluding hydrogens is 386 g/mol. The van der Waals surface area contributed by atoms with Gasteiger partial charge in [-0.15, -0.1) is 0 Å². The molecule has 1 unspecified atom stereocenters. The molecule has 0 radical (unpaired) electrons. The Morgan fingerprint density at radius 2 is 2.03 bits per heavy atom. The molecule has 156 valence electrons.